The quantitative estimate of drug-likeness (QED) is 0.334. The lowest BCUT2D eigenvalue weighted by molar-refractivity contribution is 0.431. The molecular weight excluding hydrogens is 456 g/mol. The predicted molar refractivity (Wildman–Crippen MR) is 139 cm³/mol. The molecule has 1 heterocycles. The van der Waals surface area contributed by atoms with Gasteiger partial charge in [0.1, 0.15) is 11.8 Å². The van der Waals surface area contributed by atoms with E-state index in [1.54, 1.807) is 24.3 Å². The van der Waals surface area contributed by atoms with Crippen molar-refractivity contribution in [3.8, 4) is 0 Å². The summed E-state index contributed by atoms with van der Waals surface area (Å²) in [7, 11) is -4.01. The fraction of sp³-hybridized carbons (Fsp3) is 0.0690. The first kappa shape index (κ1) is 22.6. The van der Waals surface area contributed by atoms with E-state index in [4.69, 9.17) is 4.74 Å². The number of sulfonamides is 1. The van der Waals surface area contributed by atoms with E-state index >= 15 is 0 Å². The summed E-state index contributed by atoms with van der Waals surface area (Å²) >= 11 is 0. The molecule has 1 fully saturated rings. The van der Waals surface area contributed by atoms with Crippen LogP contribution in [-0.2, 0) is 14.8 Å². The lowest BCUT2D eigenvalue weighted by Crippen LogP contribution is -2.29. The summed E-state index contributed by atoms with van der Waals surface area (Å²) in [6.07, 6.45) is 1.93. The molecule has 0 saturated carbocycles. The van der Waals surface area contributed by atoms with Crippen LogP contribution in [0.4, 0.5) is 5.69 Å². The standard InChI is InChI=1S/C29H24N2O3S/c1-22-17-19-26(20-18-22)35(32,33)30-29-31(25-15-9-4-10-16-25)28(24-13-7-3-8-14-24)27(34-29)21-23-11-5-2-6-12-23/h2-21,28H,1H3/b27-21-,30-29+. The minimum Gasteiger partial charge on any atom is -0.427 e. The summed E-state index contributed by atoms with van der Waals surface area (Å²) in [4.78, 5) is 1.94. The van der Waals surface area contributed by atoms with E-state index in [2.05, 4.69) is 4.40 Å². The Morgan fingerprint density at radius 3 is 1.97 bits per heavy atom. The van der Waals surface area contributed by atoms with Crippen molar-refractivity contribution in [1.82, 2.24) is 0 Å². The molecule has 35 heavy (non-hydrogen) atoms. The third-order valence-corrected chi connectivity index (χ3v) is 6.98. The summed E-state index contributed by atoms with van der Waals surface area (Å²) < 4.78 is 37.0. The summed E-state index contributed by atoms with van der Waals surface area (Å²) in [6.45, 7) is 1.91. The predicted octanol–water partition coefficient (Wildman–Crippen LogP) is 6.36. The smallest absolute Gasteiger partial charge is 0.314 e. The second kappa shape index (κ2) is 9.60. The molecule has 0 amide bonds. The molecule has 1 unspecified atom stereocenters. The van der Waals surface area contributed by atoms with Crippen LogP contribution in [0.5, 0.6) is 0 Å². The zero-order valence-corrected chi connectivity index (χ0v) is 20.0. The van der Waals surface area contributed by atoms with E-state index in [9.17, 15) is 8.42 Å². The molecule has 0 bridgehead atoms. The van der Waals surface area contributed by atoms with Crippen LogP contribution in [0.3, 0.4) is 0 Å². The van der Waals surface area contributed by atoms with Crippen LogP contribution < -0.4 is 4.90 Å². The van der Waals surface area contributed by atoms with Gasteiger partial charge in [-0.3, -0.25) is 4.90 Å². The molecule has 5 rings (SSSR count). The lowest BCUT2D eigenvalue weighted by atomic mass is 10.0. The minimum absolute atomic E-state index is 0.00723. The van der Waals surface area contributed by atoms with Gasteiger partial charge < -0.3 is 4.74 Å². The summed E-state index contributed by atoms with van der Waals surface area (Å²) in [5.41, 5.74) is 3.64. The maximum atomic E-state index is 13.3. The van der Waals surface area contributed by atoms with Gasteiger partial charge in [-0.15, -0.1) is 4.40 Å². The molecule has 4 aromatic rings. The van der Waals surface area contributed by atoms with Gasteiger partial charge in [0, 0.05) is 5.69 Å². The highest BCUT2D eigenvalue weighted by atomic mass is 32.2. The van der Waals surface area contributed by atoms with E-state index in [1.807, 2.05) is 109 Å². The third-order valence-electron chi connectivity index (χ3n) is 5.72. The van der Waals surface area contributed by atoms with Crippen LogP contribution in [-0.4, -0.2) is 14.4 Å². The molecule has 4 aromatic carbocycles. The lowest BCUT2D eigenvalue weighted by Gasteiger charge is -2.24. The number of nitrogens with zero attached hydrogens (tertiary/aromatic N) is 2. The molecular formula is C29H24N2O3S. The molecule has 0 radical (unpaired) electrons. The number of anilines is 1. The van der Waals surface area contributed by atoms with Gasteiger partial charge in [0.25, 0.3) is 10.0 Å². The number of rotatable bonds is 5. The Bertz CT molecular complexity index is 1470. The number of para-hydroxylation sites is 1. The summed E-state index contributed by atoms with van der Waals surface area (Å²) in [6, 6.07) is 35.5. The molecule has 0 N–H and O–H groups in total. The van der Waals surface area contributed by atoms with Crippen LogP contribution in [0.15, 0.2) is 130 Å². The third kappa shape index (κ3) is 4.88. The molecule has 5 nitrogen and oxygen atoms in total. The first-order chi connectivity index (χ1) is 17.0. The van der Waals surface area contributed by atoms with Gasteiger partial charge in [0.05, 0.1) is 4.90 Å². The van der Waals surface area contributed by atoms with E-state index in [0.29, 0.717) is 5.76 Å². The molecule has 0 aromatic heterocycles. The molecule has 1 aliphatic rings. The average molecular weight is 481 g/mol. The highest BCUT2D eigenvalue weighted by Gasteiger charge is 2.40. The number of aryl methyl sites for hydroxylation is 1. The zero-order chi connectivity index (χ0) is 24.3. The second-order valence-electron chi connectivity index (χ2n) is 8.24. The highest BCUT2D eigenvalue weighted by molar-refractivity contribution is 7.90. The highest BCUT2D eigenvalue weighted by Crippen LogP contribution is 2.41. The normalized spacial score (nSPS) is 18.1. The van der Waals surface area contributed by atoms with E-state index in [-0.39, 0.29) is 10.9 Å². The van der Waals surface area contributed by atoms with Crippen LogP contribution >= 0.6 is 0 Å². The van der Waals surface area contributed by atoms with E-state index in [0.717, 1.165) is 22.4 Å². The Hall–Kier alpha value is -4.16. The fourth-order valence-electron chi connectivity index (χ4n) is 4.00. The SMILES string of the molecule is Cc1ccc(S(=O)(=O)/N=C2/O/C(=C\c3ccccc3)C(c3ccccc3)N2c2ccccc2)cc1. The molecule has 1 aliphatic heterocycles. The zero-order valence-electron chi connectivity index (χ0n) is 19.2. The van der Waals surface area contributed by atoms with Crippen molar-refractivity contribution in [2.24, 2.45) is 4.40 Å². The van der Waals surface area contributed by atoms with Gasteiger partial charge in [0.15, 0.2) is 0 Å². The van der Waals surface area contributed by atoms with Crippen molar-refractivity contribution in [3.63, 3.8) is 0 Å². The molecule has 174 valence electrons. The topological polar surface area (TPSA) is 59.0 Å². The maximum absolute atomic E-state index is 13.3. The van der Waals surface area contributed by atoms with Crippen LogP contribution in [0.2, 0.25) is 0 Å². The fourth-order valence-corrected chi connectivity index (χ4v) is 4.91. The number of ether oxygens (including phenoxy) is 1. The number of benzene rings is 4. The number of hydrogen-bond donors (Lipinski definition) is 0. The van der Waals surface area contributed by atoms with Crippen molar-refractivity contribution in [2.45, 2.75) is 17.9 Å². The Morgan fingerprint density at radius 1 is 0.771 bits per heavy atom. The Kier molecular flexibility index (Phi) is 6.21. The van der Waals surface area contributed by atoms with Gasteiger partial charge in [-0.2, -0.15) is 8.42 Å². The van der Waals surface area contributed by atoms with Crippen molar-refractivity contribution < 1.29 is 13.2 Å². The number of amidine groups is 1. The molecule has 0 aliphatic carbocycles. The van der Waals surface area contributed by atoms with Gasteiger partial charge >= 0.3 is 6.02 Å². The largest absolute Gasteiger partial charge is 0.427 e. The van der Waals surface area contributed by atoms with Gasteiger partial charge in [-0.25, -0.2) is 0 Å². The molecule has 6 heteroatoms. The maximum Gasteiger partial charge on any atom is 0.314 e. The van der Waals surface area contributed by atoms with Gasteiger partial charge in [-0.05, 0) is 48.4 Å². The minimum atomic E-state index is -4.01. The van der Waals surface area contributed by atoms with Crippen molar-refractivity contribution in [2.75, 3.05) is 4.90 Å². The van der Waals surface area contributed by atoms with Crippen LogP contribution in [0.1, 0.15) is 22.7 Å². The monoisotopic (exact) mass is 480 g/mol. The first-order valence-corrected chi connectivity index (χ1v) is 12.7. The van der Waals surface area contributed by atoms with Crippen molar-refractivity contribution in [1.29, 1.82) is 0 Å². The Labute approximate surface area is 205 Å². The molecule has 0 spiro atoms. The second-order valence-corrected chi connectivity index (χ2v) is 9.84. The number of hydrogen-bond acceptors (Lipinski definition) is 3. The first-order valence-electron chi connectivity index (χ1n) is 11.3. The molecule has 1 saturated heterocycles. The van der Waals surface area contributed by atoms with Crippen LogP contribution in [0.25, 0.3) is 6.08 Å². The van der Waals surface area contributed by atoms with Crippen LogP contribution in [0, 0.1) is 6.92 Å². The van der Waals surface area contributed by atoms with Crippen molar-refractivity contribution >= 4 is 27.8 Å². The average Bonchev–Trinajstić information content (AvgIpc) is 3.22. The Balaban J connectivity index is 1.69. The molecule has 1 atom stereocenters. The van der Waals surface area contributed by atoms with Gasteiger partial charge in [0.2, 0.25) is 0 Å². The Morgan fingerprint density at radius 2 is 1.34 bits per heavy atom. The van der Waals surface area contributed by atoms with E-state index < -0.39 is 16.1 Å². The summed E-state index contributed by atoms with van der Waals surface area (Å²) in [5, 5.41) is 0. The van der Waals surface area contributed by atoms with Gasteiger partial charge in [-0.1, -0.05) is 96.6 Å². The van der Waals surface area contributed by atoms with E-state index in [1.165, 1.54) is 0 Å². The summed E-state index contributed by atoms with van der Waals surface area (Å²) in [5.74, 6) is 0.587. The van der Waals surface area contributed by atoms with Crippen molar-refractivity contribution in [3.05, 3.63) is 138 Å².